The van der Waals surface area contributed by atoms with Crippen LogP contribution in [0, 0.1) is 0 Å². The molecular weight excluding hydrogens is 973 g/mol. The van der Waals surface area contributed by atoms with Gasteiger partial charge >= 0.3 is 17.9 Å². The number of esters is 3. The lowest BCUT2D eigenvalue weighted by atomic mass is 10.0. The Hall–Kier alpha value is -3.41. The van der Waals surface area contributed by atoms with Crippen LogP contribution in [0.5, 0.6) is 0 Å². The maximum absolute atomic E-state index is 12.9. The van der Waals surface area contributed by atoms with Crippen LogP contribution in [0.4, 0.5) is 0 Å². The normalized spacial score (nSPS) is 12.6. The second-order valence-corrected chi connectivity index (χ2v) is 22.7. The summed E-state index contributed by atoms with van der Waals surface area (Å²) in [5, 5.41) is 0. The van der Waals surface area contributed by atoms with Gasteiger partial charge in [0.05, 0.1) is 0 Å². The van der Waals surface area contributed by atoms with E-state index in [1.165, 1.54) is 199 Å². The predicted octanol–water partition coefficient (Wildman–Crippen LogP) is 23.4. The molecule has 0 radical (unpaired) electrons. The minimum absolute atomic E-state index is 0.0713. The van der Waals surface area contributed by atoms with E-state index in [0.717, 1.165) is 103 Å². The topological polar surface area (TPSA) is 78.9 Å². The van der Waals surface area contributed by atoms with E-state index >= 15 is 0 Å². The van der Waals surface area contributed by atoms with Crippen molar-refractivity contribution in [3.63, 3.8) is 0 Å². The molecule has 0 saturated heterocycles. The summed E-state index contributed by atoms with van der Waals surface area (Å²) in [6.45, 7) is 6.55. The summed E-state index contributed by atoms with van der Waals surface area (Å²) in [5.74, 6) is -0.859. The Morgan fingerprint density at radius 3 is 0.772 bits per heavy atom. The highest BCUT2D eigenvalue weighted by Crippen LogP contribution is 2.17. The molecule has 0 aromatic heterocycles. The number of carbonyl (C=O) groups excluding carboxylic acids is 3. The van der Waals surface area contributed by atoms with Gasteiger partial charge < -0.3 is 14.2 Å². The van der Waals surface area contributed by atoms with Crippen LogP contribution in [0.15, 0.2) is 85.1 Å². The third kappa shape index (κ3) is 65.3. The number of carbonyl (C=O) groups is 3. The SMILES string of the molecule is CC/C=C\C/C=C\C/C=C\C/C=C\C/C=C\C/C=C\C/C=C\CCCCCCCCCCCCCC(=O)OCC(COC(=O)CCCCCCCCCCC)OC(=O)CCCCCCCCCCCCCCCCCCCCC. The first-order valence-corrected chi connectivity index (χ1v) is 34.1. The van der Waals surface area contributed by atoms with Crippen molar-refractivity contribution in [1.29, 1.82) is 0 Å². The highest BCUT2D eigenvalue weighted by Gasteiger charge is 2.19. The van der Waals surface area contributed by atoms with E-state index in [1.807, 2.05) is 0 Å². The van der Waals surface area contributed by atoms with Gasteiger partial charge in [0, 0.05) is 19.3 Å². The first-order chi connectivity index (χ1) is 39.0. The molecule has 0 aliphatic rings. The quantitative estimate of drug-likeness (QED) is 0.0261. The Kier molecular flexibility index (Phi) is 64.2. The maximum atomic E-state index is 12.9. The Morgan fingerprint density at radius 2 is 0.494 bits per heavy atom. The standard InChI is InChI=1S/C73H128O6/c1-4-7-10-13-16-19-21-23-25-27-29-30-31-32-33-34-35-36-37-38-39-40-41-42-44-45-47-49-51-54-57-60-63-66-72(75)78-69-70(68-77-71(74)65-62-59-56-53-18-15-12-9-6-3)79-73(76)67-64-61-58-55-52-50-48-46-43-28-26-24-22-20-17-14-11-8-5-2/h7,10,16,19,23,25,29-30,32-33,35-36,38-39,70H,4-6,8-9,11-15,17-18,20-22,24,26-28,31,34,37,40-69H2,1-3H3/b10-7-,19-16-,25-23-,30-29-,33-32-,36-35-,39-38-. The Bertz CT molecular complexity index is 1500. The van der Waals surface area contributed by atoms with Crippen LogP contribution in [0.1, 0.15) is 342 Å². The molecular formula is C73H128O6. The molecule has 0 aromatic rings. The van der Waals surface area contributed by atoms with Crippen molar-refractivity contribution in [3.05, 3.63) is 85.1 Å². The second-order valence-electron chi connectivity index (χ2n) is 22.7. The Balaban J connectivity index is 4.13. The van der Waals surface area contributed by atoms with E-state index in [9.17, 15) is 14.4 Å². The summed E-state index contributed by atoms with van der Waals surface area (Å²) in [7, 11) is 0. The van der Waals surface area contributed by atoms with Gasteiger partial charge in [-0.1, -0.05) is 331 Å². The molecule has 456 valence electrons. The molecule has 0 aromatic carbocycles. The van der Waals surface area contributed by atoms with E-state index in [-0.39, 0.29) is 31.1 Å². The van der Waals surface area contributed by atoms with Crippen LogP contribution in [0.25, 0.3) is 0 Å². The summed E-state index contributed by atoms with van der Waals surface area (Å²) in [5.41, 5.74) is 0. The molecule has 6 nitrogen and oxygen atoms in total. The molecule has 1 unspecified atom stereocenters. The summed E-state index contributed by atoms with van der Waals surface area (Å²) >= 11 is 0. The largest absolute Gasteiger partial charge is 0.462 e. The average Bonchev–Trinajstić information content (AvgIpc) is 3.45. The second kappa shape index (κ2) is 67.1. The first kappa shape index (κ1) is 75.6. The van der Waals surface area contributed by atoms with Crippen LogP contribution in [-0.4, -0.2) is 37.2 Å². The number of rotatable bonds is 62. The molecule has 0 aliphatic carbocycles. The zero-order valence-corrected chi connectivity index (χ0v) is 52.4. The molecule has 1 atom stereocenters. The van der Waals surface area contributed by atoms with Gasteiger partial charge in [0.25, 0.3) is 0 Å². The lowest BCUT2D eigenvalue weighted by Crippen LogP contribution is -2.30. The Morgan fingerprint density at radius 1 is 0.266 bits per heavy atom. The number of unbranched alkanes of at least 4 members (excludes halogenated alkanes) is 37. The van der Waals surface area contributed by atoms with Gasteiger partial charge in [0.15, 0.2) is 6.10 Å². The first-order valence-electron chi connectivity index (χ1n) is 34.1. The van der Waals surface area contributed by atoms with Gasteiger partial charge in [-0.25, -0.2) is 0 Å². The molecule has 6 heteroatoms. The van der Waals surface area contributed by atoms with Crippen molar-refractivity contribution >= 4 is 17.9 Å². The third-order valence-electron chi connectivity index (χ3n) is 14.9. The smallest absolute Gasteiger partial charge is 0.306 e. The van der Waals surface area contributed by atoms with Crippen LogP contribution >= 0.6 is 0 Å². The van der Waals surface area contributed by atoms with Crippen LogP contribution in [0.2, 0.25) is 0 Å². The zero-order chi connectivity index (χ0) is 57.1. The minimum Gasteiger partial charge on any atom is -0.462 e. The van der Waals surface area contributed by atoms with Crippen molar-refractivity contribution in [3.8, 4) is 0 Å². The lowest BCUT2D eigenvalue weighted by Gasteiger charge is -2.18. The van der Waals surface area contributed by atoms with Crippen LogP contribution < -0.4 is 0 Å². The number of hydrogen-bond acceptors (Lipinski definition) is 6. The molecule has 0 N–H and O–H groups in total. The van der Waals surface area contributed by atoms with E-state index < -0.39 is 6.10 Å². The van der Waals surface area contributed by atoms with Gasteiger partial charge in [-0.3, -0.25) is 14.4 Å². The minimum atomic E-state index is -0.773. The summed E-state index contributed by atoms with van der Waals surface area (Å²) in [6, 6.07) is 0. The molecule has 0 fully saturated rings. The highest BCUT2D eigenvalue weighted by molar-refractivity contribution is 5.71. The molecule has 0 spiro atoms. The molecule has 0 bridgehead atoms. The van der Waals surface area contributed by atoms with Crippen molar-refractivity contribution in [2.45, 2.75) is 348 Å². The number of allylic oxidation sites excluding steroid dienone is 14. The van der Waals surface area contributed by atoms with Crippen molar-refractivity contribution in [1.82, 2.24) is 0 Å². The fourth-order valence-corrected chi connectivity index (χ4v) is 9.84. The van der Waals surface area contributed by atoms with Crippen molar-refractivity contribution < 1.29 is 28.6 Å². The molecule has 0 aliphatic heterocycles. The van der Waals surface area contributed by atoms with Gasteiger partial charge in [-0.15, -0.1) is 0 Å². The van der Waals surface area contributed by atoms with E-state index in [2.05, 4.69) is 106 Å². The van der Waals surface area contributed by atoms with Gasteiger partial charge in [0.1, 0.15) is 13.2 Å². The van der Waals surface area contributed by atoms with E-state index in [0.29, 0.717) is 19.3 Å². The summed E-state index contributed by atoms with van der Waals surface area (Å²) in [6.07, 6.45) is 89.0. The third-order valence-corrected chi connectivity index (χ3v) is 14.9. The summed E-state index contributed by atoms with van der Waals surface area (Å²) < 4.78 is 16.9. The Labute approximate surface area is 490 Å². The van der Waals surface area contributed by atoms with E-state index in [4.69, 9.17) is 14.2 Å². The maximum Gasteiger partial charge on any atom is 0.306 e. The highest BCUT2D eigenvalue weighted by atomic mass is 16.6. The fraction of sp³-hybridized carbons (Fsp3) is 0.767. The molecule has 0 amide bonds. The van der Waals surface area contributed by atoms with Crippen LogP contribution in [-0.2, 0) is 28.6 Å². The van der Waals surface area contributed by atoms with Gasteiger partial charge in [0.2, 0.25) is 0 Å². The summed E-state index contributed by atoms with van der Waals surface area (Å²) in [4.78, 5) is 38.2. The average molecular weight is 1100 g/mol. The fourth-order valence-electron chi connectivity index (χ4n) is 9.84. The monoisotopic (exact) mass is 1100 g/mol. The van der Waals surface area contributed by atoms with Crippen LogP contribution in [0.3, 0.4) is 0 Å². The zero-order valence-electron chi connectivity index (χ0n) is 52.4. The number of ether oxygens (including phenoxy) is 3. The van der Waals surface area contributed by atoms with Crippen molar-refractivity contribution in [2.24, 2.45) is 0 Å². The number of hydrogen-bond donors (Lipinski definition) is 0. The predicted molar refractivity (Wildman–Crippen MR) is 344 cm³/mol. The molecule has 79 heavy (non-hydrogen) atoms. The van der Waals surface area contributed by atoms with E-state index in [1.54, 1.807) is 0 Å². The van der Waals surface area contributed by atoms with Gasteiger partial charge in [-0.05, 0) is 77.0 Å². The molecule has 0 saturated carbocycles. The molecule has 0 heterocycles. The lowest BCUT2D eigenvalue weighted by molar-refractivity contribution is -0.167. The van der Waals surface area contributed by atoms with Crippen molar-refractivity contribution in [2.75, 3.05) is 13.2 Å². The van der Waals surface area contributed by atoms with Gasteiger partial charge in [-0.2, -0.15) is 0 Å². The molecule has 0 rings (SSSR count).